The Balaban J connectivity index is 2.98. The van der Waals surface area contributed by atoms with Gasteiger partial charge in [-0.3, -0.25) is 0 Å². The normalized spacial score (nSPS) is 9.71. The van der Waals surface area contributed by atoms with Crippen LogP contribution in [0.15, 0.2) is 24.5 Å². The first-order valence-electron chi connectivity index (χ1n) is 4.76. The van der Waals surface area contributed by atoms with Gasteiger partial charge in [-0.05, 0) is 43.5 Å². The lowest BCUT2D eigenvalue weighted by Gasteiger charge is -2.13. The molecule has 0 fully saturated rings. The molecule has 1 aromatic rings. The van der Waals surface area contributed by atoms with E-state index in [4.69, 9.17) is 0 Å². The quantitative estimate of drug-likeness (QED) is 0.765. The summed E-state index contributed by atoms with van der Waals surface area (Å²) in [4.78, 5) is 0. The van der Waals surface area contributed by atoms with E-state index in [2.05, 4.69) is 50.1 Å². The van der Waals surface area contributed by atoms with Crippen molar-refractivity contribution in [1.82, 2.24) is 5.32 Å². The van der Waals surface area contributed by atoms with Crippen molar-refractivity contribution in [3.8, 4) is 0 Å². The van der Waals surface area contributed by atoms with E-state index in [-0.39, 0.29) is 0 Å². The molecule has 2 N–H and O–H groups in total. The summed E-state index contributed by atoms with van der Waals surface area (Å²) in [6, 6.07) is 4.33. The van der Waals surface area contributed by atoms with Crippen LogP contribution in [0.5, 0.6) is 0 Å². The van der Waals surface area contributed by atoms with Crippen LogP contribution in [-0.4, -0.2) is 7.05 Å². The molecule has 14 heavy (non-hydrogen) atoms. The molecule has 0 aliphatic rings. The molecule has 0 aliphatic carbocycles. The summed E-state index contributed by atoms with van der Waals surface area (Å²) in [5.41, 5.74) is 4.97. The van der Waals surface area contributed by atoms with E-state index in [9.17, 15) is 0 Å². The molecular formula is C12H18N2. The molecule has 0 saturated heterocycles. The second kappa shape index (κ2) is 4.18. The molecule has 1 aromatic carbocycles. The molecule has 0 saturated carbocycles. The number of benzene rings is 1. The summed E-state index contributed by atoms with van der Waals surface area (Å²) in [7, 11) is 1.85. The van der Waals surface area contributed by atoms with E-state index in [0.717, 1.165) is 11.5 Å². The summed E-state index contributed by atoms with van der Waals surface area (Å²) in [5, 5.41) is 6.19. The highest BCUT2D eigenvalue weighted by atomic mass is 15.1. The van der Waals surface area contributed by atoms with Crippen LogP contribution in [0.2, 0.25) is 0 Å². The zero-order valence-electron chi connectivity index (χ0n) is 9.36. The minimum Gasteiger partial charge on any atom is -0.375 e. The third kappa shape index (κ3) is 2.28. The number of nitrogens with one attached hydrogen (secondary N) is 2. The van der Waals surface area contributed by atoms with Crippen LogP contribution in [0.25, 0.3) is 0 Å². The highest BCUT2D eigenvalue weighted by Gasteiger charge is 2.01. The molecule has 2 heteroatoms. The summed E-state index contributed by atoms with van der Waals surface area (Å²) in [5.74, 6) is 0.816. The monoisotopic (exact) mass is 190 g/mol. The average Bonchev–Trinajstić information content (AvgIpc) is 2.14. The van der Waals surface area contributed by atoms with Gasteiger partial charge in [-0.2, -0.15) is 0 Å². The minimum atomic E-state index is 0.816. The highest BCUT2D eigenvalue weighted by molar-refractivity contribution is 5.57. The van der Waals surface area contributed by atoms with Gasteiger partial charge in [0.05, 0.1) is 5.82 Å². The van der Waals surface area contributed by atoms with Crippen molar-refractivity contribution in [3.63, 3.8) is 0 Å². The maximum absolute atomic E-state index is 3.84. The molecular weight excluding hydrogens is 172 g/mol. The second-order valence-electron chi connectivity index (χ2n) is 3.60. The lowest BCUT2D eigenvalue weighted by molar-refractivity contribution is 1.00. The number of aryl methyl sites for hydroxylation is 3. The number of hydrogen-bond acceptors (Lipinski definition) is 2. The Morgan fingerprint density at radius 1 is 1.07 bits per heavy atom. The summed E-state index contributed by atoms with van der Waals surface area (Å²) >= 11 is 0. The van der Waals surface area contributed by atoms with Crippen molar-refractivity contribution in [2.24, 2.45) is 0 Å². The lowest BCUT2D eigenvalue weighted by Crippen LogP contribution is -2.13. The van der Waals surface area contributed by atoms with E-state index in [1.165, 1.54) is 16.7 Å². The van der Waals surface area contributed by atoms with Crippen LogP contribution in [0.1, 0.15) is 16.7 Å². The van der Waals surface area contributed by atoms with Gasteiger partial charge in [0.15, 0.2) is 0 Å². The fourth-order valence-corrected chi connectivity index (χ4v) is 1.32. The Hall–Kier alpha value is -1.44. The summed E-state index contributed by atoms with van der Waals surface area (Å²) < 4.78 is 0. The van der Waals surface area contributed by atoms with E-state index >= 15 is 0 Å². The fraction of sp³-hybridized carbons (Fsp3) is 0.333. The first-order valence-corrected chi connectivity index (χ1v) is 4.76. The zero-order valence-corrected chi connectivity index (χ0v) is 9.36. The third-order valence-corrected chi connectivity index (χ3v) is 2.43. The van der Waals surface area contributed by atoms with Crippen molar-refractivity contribution in [1.29, 1.82) is 0 Å². The largest absolute Gasteiger partial charge is 0.375 e. The Morgan fingerprint density at radius 2 is 1.64 bits per heavy atom. The molecule has 0 radical (unpaired) electrons. The molecule has 2 nitrogen and oxygen atoms in total. The average molecular weight is 190 g/mol. The molecule has 0 bridgehead atoms. The Bertz CT molecular complexity index is 354. The van der Waals surface area contributed by atoms with Gasteiger partial charge in [0.25, 0.3) is 0 Å². The van der Waals surface area contributed by atoms with Crippen molar-refractivity contribution in [3.05, 3.63) is 41.2 Å². The molecule has 1 rings (SSSR count). The molecule has 0 aliphatic heterocycles. The van der Waals surface area contributed by atoms with E-state index in [1.54, 1.807) is 0 Å². The van der Waals surface area contributed by atoms with Crippen molar-refractivity contribution in [2.45, 2.75) is 20.8 Å². The van der Waals surface area contributed by atoms with Gasteiger partial charge in [-0.1, -0.05) is 12.6 Å². The molecule has 0 heterocycles. The van der Waals surface area contributed by atoms with Crippen LogP contribution in [0, 0.1) is 20.8 Å². The van der Waals surface area contributed by atoms with E-state index < -0.39 is 0 Å². The van der Waals surface area contributed by atoms with Crippen LogP contribution < -0.4 is 10.6 Å². The van der Waals surface area contributed by atoms with Gasteiger partial charge in [-0.25, -0.2) is 0 Å². The van der Waals surface area contributed by atoms with Crippen LogP contribution in [-0.2, 0) is 0 Å². The fourth-order valence-electron chi connectivity index (χ4n) is 1.32. The zero-order chi connectivity index (χ0) is 10.7. The SMILES string of the molecule is C=C(NC)Nc1cc(C)c(C)cc1C. The smallest absolute Gasteiger partial charge is 0.0954 e. The first-order chi connectivity index (χ1) is 6.54. The van der Waals surface area contributed by atoms with Gasteiger partial charge < -0.3 is 10.6 Å². The first kappa shape index (κ1) is 10.6. The maximum atomic E-state index is 3.84. The molecule has 0 amide bonds. The molecule has 0 spiro atoms. The van der Waals surface area contributed by atoms with Crippen molar-refractivity contribution >= 4 is 5.69 Å². The topological polar surface area (TPSA) is 24.1 Å². The second-order valence-corrected chi connectivity index (χ2v) is 3.60. The van der Waals surface area contributed by atoms with Crippen LogP contribution in [0.3, 0.4) is 0 Å². The number of hydrogen-bond donors (Lipinski definition) is 2. The molecule has 0 unspecified atom stereocenters. The predicted octanol–water partition coefficient (Wildman–Crippen LogP) is 2.71. The Kier molecular flexibility index (Phi) is 3.18. The van der Waals surface area contributed by atoms with Gasteiger partial charge >= 0.3 is 0 Å². The molecule has 0 aromatic heterocycles. The van der Waals surface area contributed by atoms with Gasteiger partial charge in [-0.15, -0.1) is 0 Å². The van der Waals surface area contributed by atoms with E-state index in [1.807, 2.05) is 7.05 Å². The molecule has 0 atom stereocenters. The molecule has 76 valence electrons. The van der Waals surface area contributed by atoms with Crippen LogP contribution in [0.4, 0.5) is 5.69 Å². The Morgan fingerprint density at radius 3 is 2.21 bits per heavy atom. The van der Waals surface area contributed by atoms with Gasteiger partial charge in [0.1, 0.15) is 0 Å². The van der Waals surface area contributed by atoms with Gasteiger partial charge in [0.2, 0.25) is 0 Å². The van der Waals surface area contributed by atoms with Gasteiger partial charge in [0, 0.05) is 12.7 Å². The third-order valence-electron chi connectivity index (χ3n) is 2.43. The minimum absolute atomic E-state index is 0.816. The lowest BCUT2D eigenvalue weighted by atomic mass is 10.1. The maximum Gasteiger partial charge on any atom is 0.0954 e. The highest BCUT2D eigenvalue weighted by Crippen LogP contribution is 2.20. The summed E-state index contributed by atoms with van der Waals surface area (Å²) in [6.07, 6.45) is 0. The van der Waals surface area contributed by atoms with Crippen LogP contribution >= 0.6 is 0 Å². The van der Waals surface area contributed by atoms with Crippen molar-refractivity contribution < 1.29 is 0 Å². The predicted molar refractivity (Wildman–Crippen MR) is 62.5 cm³/mol. The Labute approximate surface area is 86.0 Å². The van der Waals surface area contributed by atoms with E-state index in [0.29, 0.717) is 0 Å². The van der Waals surface area contributed by atoms with Crippen molar-refractivity contribution in [2.75, 3.05) is 12.4 Å². The summed E-state index contributed by atoms with van der Waals surface area (Å²) in [6.45, 7) is 10.2. The standard InChI is InChI=1S/C12H18N2/c1-8-6-10(3)12(7-9(8)2)14-11(4)13-5/h6-7,13-14H,4H2,1-3,5H3. The number of anilines is 1. The number of rotatable bonds is 3.